The van der Waals surface area contributed by atoms with Gasteiger partial charge in [0.15, 0.2) is 0 Å². The van der Waals surface area contributed by atoms with Crippen molar-refractivity contribution >= 4 is 32.8 Å². The Hall–Kier alpha value is -1.33. The molecule has 1 heterocycles. The number of hydrogen-bond donors (Lipinski definition) is 2. The molecule has 0 aliphatic carbocycles. The lowest BCUT2D eigenvalue weighted by Gasteiger charge is -2.22. The Morgan fingerprint density at radius 1 is 1.50 bits per heavy atom. The van der Waals surface area contributed by atoms with E-state index in [9.17, 15) is 4.79 Å². The number of hydrogen-bond acceptors (Lipinski definition) is 2. The van der Waals surface area contributed by atoms with Gasteiger partial charge >= 0.3 is 5.97 Å². The van der Waals surface area contributed by atoms with Gasteiger partial charge in [0.05, 0.1) is 5.92 Å². The molecule has 0 aliphatic rings. The maximum atomic E-state index is 11.0. The van der Waals surface area contributed by atoms with Crippen LogP contribution in [0.25, 0.3) is 10.9 Å². The van der Waals surface area contributed by atoms with Crippen molar-refractivity contribution in [2.24, 2.45) is 5.92 Å². The molecule has 2 aromatic rings. The molecule has 2 N–H and O–H groups in total. The Bertz CT molecular complexity index is 609. The average Bonchev–Trinajstić information content (AvgIpc) is 2.80. The molecule has 108 valence electrons. The predicted molar refractivity (Wildman–Crippen MR) is 83.7 cm³/mol. The molecule has 2 rings (SSSR count). The fourth-order valence-corrected chi connectivity index (χ4v) is 2.65. The quantitative estimate of drug-likeness (QED) is 0.847. The van der Waals surface area contributed by atoms with E-state index in [0.29, 0.717) is 6.54 Å². The average molecular weight is 339 g/mol. The minimum absolute atomic E-state index is 0.355. The molecule has 1 aromatic heterocycles. The molecule has 1 aromatic carbocycles. The number of nitrogens with zero attached hydrogens (tertiary/aromatic N) is 1. The monoisotopic (exact) mass is 338 g/mol. The number of H-pyrrole nitrogens is 1. The highest BCUT2D eigenvalue weighted by Crippen LogP contribution is 2.24. The zero-order chi connectivity index (χ0) is 14.7. The molecule has 0 bridgehead atoms. The molecule has 0 saturated heterocycles. The Balaban J connectivity index is 2.17. The molecule has 20 heavy (non-hydrogen) atoms. The molecule has 4 nitrogen and oxygen atoms in total. The van der Waals surface area contributed by atoms with Crippen molar-refractivity contribution in [3.63, 3.8) is 0 Å². The number of benzene rings is 1. The van der Waals surface area contributed by atoms with Gasteiger partial charge in [0, 0.05) is 34.7 Å². The zero-order valence-electron chi connectivity index (χ0n) is 11.7. The number of nitrogens with one attached hydrogen (secondary N) is 1. The Kier molecular flexibility index (Phi) is 4.83. The van der Waals surface area contributed by atoms with Crippen molar-refractivity contribution in [2.75, 3.05) is 13.1 Å². The summed E-state index contributed by atoms with van der Waals surface area (Å²) in [6.07, 6.45) is 2.01. The maximum Gasteiger partial charge on any atom is 0.307 e. The Morgan fingerprint density at radius 3 is 2.90 bits per heavy atom. The summed E-state index contributed by atoms with van der Waals surface area (Å²) in [5.41, 5.74) is 2.30. The summed E-state index contributed by atoms with van der Waals surface area (Å²) in [6.45, 7) is 5.95. The molecular weight excluding hydrogens is 320 g/mol. The van der Waals surface area contributed by atoms with Crippen LogP contribution in [-0.4, -0.2) is 34.0 Å². The third-order valence-electron chi connectivity index (χ3n) is 3.52. The first kappa shape index (κ1) is 15.1. The van der Waals surface area contributed by atoms with E-state index in [4.69, 9.17) is 5.11 Å². The van der Waals surface area contributed by atoms with Gasteiger partial charge in [0.2, 0.25) is 0 Å². The molecule has 0 saturated carbocycles. The summed E-state index contributed by atoms with van der Waals surface area (Å²) < 4.78 is 1.05. The van der Waals surface area contributed by atoms with E-state index in [-0.39, 0.29) is 5.92 Å². The van der Waals surface area contributed by atoms with Crippen molar-refractivity contribution in [1.29, 1.82) is 0 Å². The minimum atomic E-state index is -0.745. The molecule has 1 unspecified atom stereocenters. The van der Waals surface area contributed by atoms with Crippen molar-refractivity contribution in [2.45, 2.75) is 20.4 Å². The van der Waals surface area contributed by atoms with Crippen LogP contribution in [0.4, 0.5) is 0 Å². The maximum absolute atomic E-state index is 11.0. The number of aromatic nitrogens is 1. The van der Waals surface area contributed by atoms with E-state index in [1.165, 1.54) is 10.9 Å². The number of aliphatic carboxylic acids is 1. The number of carbonyl (C=O) groups is 1. The number of carboxylic acid groups (broad SMARTS) is 1. The van der Waals surface area contributed by atoms with Gasteiger partial charge in [-0.3, -0.25) is 9.69 Å². The van der Waals surface area contributed by atoms with Gasteiger partial charge in [-0.05, 0) is 30.3 Å². The first-order chi connectivity index (χ1) is 9.51. The largest absolute Gasteiger partial charge is 0.481 e. The van der Waals surface area contributed by atoms with Crippen LogP contribution in [0.15, 0.2) is 28.9 Å². The SMILES string of the molecule is CCN(Cc1c[nH]c2ccc(Br)cc12)CC(C)C(=O)O. The van der Waals surface area contributed by atoms with E-state index in [1.54, 1.807) is 6.92 Å². The predicted octanol–water partition coefficient (Wildman–Crippen LogP) is 3.47. The van der Waals surface area contributed by atoms with Crippen LogP contribution in [-0.2, 0) is 11.3 Å². The van der Waals surface area contributed by atoms with E-state index in [0.717, 1.165) is 23.1 Å². The van der Waals surface area contributed by atoms with Crippen LogP contribution >= 0.6 is 15.9 Å². The third kappa shape index (κ3) is 3.41. The highest BCUT2D eigenvalue weighted by Gasteiger charge is 2.16. The Labute approximate surface area is 126 Å². The van der Waals surface area contributed by atoms with Gasteiger partial charge in [0.1, 0.15) is 0 Å². The zero-order valence-corrected chi connectivity index (χ0v) is 13.3. The highest BCUT2D eigenvalue weighted by molar-refractivity contribution is 9.10. The van der Waals surface area contributed by atoms with Crippen LogP contribution in [0.5, 0.6) is 0 Å². The number of carboxylic acids is 1. The molecular formula is C15H19BrN2O2. The molecule has 0 radical (unpaired) electrons. The second-order valence-electron chi connectivity index (χ2n) is 5.07. The summed E-state index contributed by atoms with van der Waals surface area (Å²) in [4.78, 5) is 16.4. The molecule has 1 atom stereocenters. The number of aromatic amines is 1. The van der Waals surface area contributed by atoms with E-state index in [1.807, 2.05) is 18.3 Å². The van der Waals surface area contributed by atoms with Gasteiger partial charge in [-0.15, -0.1) is 0 Å². The van der Waals surface area contributed by atoms with Gasteiger partial charge in [-0.2, -0.15) is 0 Å². The lowest BCUT2D eigenvalue weighted by Crippen LogP contribution is -2.31. The molecule has 0 fully saturated rings. The van der Waals surface area contributed by atoms with E-state index in [2.05, 4.69) is 38.8 Å². The summed E-state index contributed by atoms with van der Waals surface area (Å²) in [7, 11) is 0. The number of fused-ring (bicyclic) bond motifs is 1. The van der Waals surface area contributed by atoms with Crippen molar-refractivity contribution in [3.8, 4) is 0 Å². The topological polar surface area (TPSA) is 56.3 Å². The molecule has 0 amide bonds. The van der Waals surface area contributed by atoms with Gasteiger partial charge in [-0.25, -0.2) is 0 Å². The van der Waals surface area contributed by atoms with Crippen LogP contribution in [0.1, 0.15) is 19.4 Å². The van der Waals surface area contributed by atoms with Gasteiger partial charge < -0.3 is 10.1 Å². The Morgan fingerprint density at radius 2 is 2.25 bits per heavy atom. The van der Waals surface area contributed by atoms with Crippen LogP contribution < -0.4 is 0 Å². The van der Waals surface area contributed by atoms with Crippen molar-refractivity contribution in [1.82, 2.24) is 9.88 Å². The summed E-state index contributed by atoms with van der Waals surface area (Å²) in [5, 5.41) is 10.2. The smallest absolute Gasteiger partial charge is 0.307 e. The lowest BCUT2D eigenvalue weighted by molar-refractivity contribution is -0.141. The van der Waals surface area contributed by atoms with E-state index >= 15 is 0 Å². The normalized spacial score (nSPS) is 13.0. The first-order valence-corrected chi connectivity index (χ1v) is 7.51. The molecule has 0 spiro atoms. The van der Waals surface area contributed by atoms with Crippen LogP contribution in [0.3, 0.4) is 0 Å². The summed E-state index contributed by atoms with van der Waals surface area (Å²) in [6, 6.07) is 6.14. The second kappa shape index (κ2) is 6.41. The van der Waals surface area contributed by atoms with Gasteiger partial charge in [0.25, 0.3) is 0 Å². The third-order valence-corrected chi connectivity index (χ3v) is 4.02. The molecule has 0 aliphatic heterocycles. The van der Waals surface area contributed by atoms with Crippen LogP contribution in [0.2, 0.25) is 0 Å². The highest BCUT2D eigenvalue weighted by atomic mass is 79.9. The minimum Gasteiger partial charge on any atom is -0.481 e. The van der Waals surface area contributed by atoms with Gasteiger partial charge in [-0.1, -0.05) is 29.8 Å². The standard InChI is InChI=1S/C15H19BrN2O2/c1-3-18(8-10(2)15(19)20)9-11-7-17-14-5-4-12(16)6-13(11)14/h4-7,10,17H,3,8-9H2,1-2H3,(H,19,20). The first-order valence-electron chi connectivity index (χ1n) is 6.72. The number of rotatable bonds is 6. The van der Waals surface area contributed by atoms with Crippen molar-refractivity contribution in [3.05, 3.63) is 34.4 Å². The fraction of sp³-hybridized carbons (Fsp3) is 0.400. The van der Waals surface area contributed by atoms with Crippen LogP contribution in [0, 0.1) is 5.92 Å². The lowest BCUT2D eigenvalue weighted by atomic mass is 10.1. The fourth-order valence-electron chi connectivity index (χ4n) is 2.29. The molecule has 5 heteroatoms. The summed E-state index contributed by atoms with van der Waals surface area (Å²) in [5.74, 6) is -1.10. The van der Waals surface area contributed by atoms with Crippen molar-refractivity contribution < 1.29 is 9.90 Å². The number of halogens is 1. The summed E-state index contributed by atoms with van der Waals surface area (Å²) >= 11 is 3.49. The second-order valence-corrected chi connectivity index (χ2v) is 5.99. The van der Waals surface area contributed by atoms with E-state index < -0.39 is 5.97 Å².